The largest absolute Gasteiger partial charge is 0.394 e. The van der Waals surface area contributed by atoms with Gasteiger partial charge in [0.15, 0.2) is 0 Å². The van der Waals surface area contributed by atoms with Crippen LogP contribution in [0.1, 0.15) is 24.8 Å². The van der Waals surface area contributed by atoms with Gasteiger partial charge in [0, 0.05) is 24.9 Å². The summed E-state index contributed by atoms with van der Waals surface area (Å²) in [6.45, 7) is 0.219. The minimum Gasteiger partial charge on any atom is -0.394 e. The molecular formula is C18H23N3O4. The van der Waals surface area contributed by atoms with E-state index in [1.54, 1.807) is 18.5 Å². The van der Waals surface area contributed by atoms with Crippen LogP contribution in [-0.4, -0.2) is 46.8 Å². The second-order valence-corrected chi connectivity index (χ2v) is 6.43. The number of carbonyl (C=O) groups is 2. The molecule has 1 aliphatic carbocycles. The number of aromatic nitrogens is 1. The van der Waals surface area contributed by atoms with Crippen molar-refractivity contribution in [2.24, 2.45) is 5.92 Å². The molecule has 3 rings (SSSR count). The van der Waals surface area contributed by atoms with Gasteiger partial charge >= 0.3 is 0 Å². The SMILES string of the molecule is O=C(C[C@H]1C=C[C@H](NC(=O)C2CC2)[C@H](CO)O1)NCc1ccncc1. The van der Waals surface area contributed by atoms with Crippen molar-refractivity contribution in [3.05, 3.63) is 42.2 Å². The van der Waals surface area contributed by atoms with E-state index in [0.717, 1.165) is 18.4 Å². The van der Waals surface area contributed by atoms with E-state index in [-0.39, 0.29) is 36.8 Å². The van der Waals surface area contributed by atoms with Gasteiger partial charge in [-0.15, -0.1) is 0 Å². The third kappa shape index (κ3) is 5.11. The van der Waals surface area contributed by atoms with Crippen molar-refractivity contribution >= 4 is 11.8 Å². The van der Waals surface area contributed by atoms with Crippen molar-refractivity contribution in [2.45, 2.75) is 44.1 Å². The molecule has 7 heteroatoms. The molecule has 134 valence electrons. The van der Waals surface area contributed by atoms with Crippen molar-refractivity contribution in [3.8, 4) is 0 Å². The van der Waals surface area contributed by atoms with Crippen molar-refractivity contribution in [2.75, 3.05) is 6.61 Å². The summed E-state index contributed by atoms with van der Waals surface area (Å²) in [4.78, 5) is 27.9. The van der Waals surface area contributed by atoms with E-state index >= 15 is 0 Å². The van der Waals surface area contributed by atoms with Crippen LogP contribution in [0, 0.1) is 5.92 Å². The lowest BCUT2D eigenvalue weighted by Crippen LogP contribution is -2.49. The lowest BCUT2D eigenvalue weighted by Gasteiger charge is -2.31. The molecule has 0 bridgehead atoms. The fourth-order valence-corrected chi connectivity index (χ4v) is 2.72. The van der Waals surface area contributed by atoms with Crippen LogP contribution in [-0.2, 0) is 20.9 Å². The molecule has 0 spiro atoms. The number of rotatable bonds is 7. The number of nitrogens with one attached hydrogen (secondary N) is 2. The maximum atomic E-state index is 12.1. The van der Waals surface area contributed by atoms with Gasteiger partial charge in [0.25, 0.3) is 0 Å². The standard InChI is InChI=1S/C18H23N3O4/c22-11-16-15(21-18(24)13-1-2-13)4-3-14(25-16)9-17(23)20-10-12-5-7-19-8-6-12/h3-8,13-16,22H,1-2,9-11H2,(H,20,23)(H,21,24)/t14-,15+,16+/m1/s1. The summed E-state index contributed by atoms with van der Waals surface area (Å²) in [6.07, 6.45) is 8.00. The first-order valence-electron chi connectivity index (χ1n) is 8.56. The number of carbonyl (C=O) groups excluding carboxylic acids is 2. The third-order valence-corrected chi connectivity index (χ3v) is 4.35. The fourth-order valence-electron chi connectivity index (χ4n) is 2.72. The maximum Gasteiger partial charge on any atom is 0.223 e. The summed E-state index contributed by atoms with van der Waals surface area (Å²) in [5, 5.41) is 15.2. The molecule has 0 radical (unpaired) electrons. The lowest BCUT2D eigenvalue weighted by atomic mass is 10.0. The van der Waals surface area contributed by atoms with Gasteiger partial charge in [-0.1, -0.05) is 12.2 Å². The highest BCUT2D eigenvalue weighted by Gasteiger charge is 2.34. The van der Waals surface area contributed by atoms with Crippen LogP contribution in [0.4, 0.5) is 0 Å². The van der Waals surface area contributed by atoms with E-state index in [1.807, 2.05) is 18.2 Å². The number of amides is 2. The normalized spacial score (nSPS) is 25.4. The van der Waals surface area contributed by atoms with Crippen LogP contribution < -0.4 is 10.6 Å². The minimum atomic E-state index is -0.536. The lowest BCUT2D eigenvalue weighted by molar-refractivity contribution is -0.128. The van der Waals surface area contributed by atoms with E-state index in [2.05, 4.69) is 15.6 Å². The Hall–Kier alpha value is -2.25. The molecule has 3 N–H and O–H groups in total. The summed E-state index contributed by atoms with van der Waals surface area (Å²) in [7, 11) is 0. The molecular weight excluding hydrogens is 322 g/mol. The molecule has 0 aromatic carbocycles. The highest BCUT2D eigenvalue weighted by Crippen LogP contribution is 2.29. The summed E-state index contributed by atoms with van der Waals surface area (Å²) in [6, 6.07) is 3.33. The van der Waals surface area contributed by atoms with Gasteiger partial charge < -0.3 is 20.5 Å². The predicted octanol–water partition coefficient (Wildman–Crippen LogP) is 0.299. The second-order valence-electron chi connectivity index (χ2n) is 6.43. The van der Waals surface area contributed by atoms with Gasteiger partial charge in [0.05, 0.1) is 25.2 Å². The molecule has 1 aromatic heterocycles. The average molecular weight is 345 g/mol. The first-order chi connectivity index (χ1) is 12.2. The molecule has 25 heavy (non-hydrogen) atoms. The van der Waals surface area contributed by atoms with E-state index in [0.29, 0.717) is 6.54 Å². The molecule has 2 heterocycles. The average Bonchev–Trinajstić information content (AvgIpc) is 3.47. The van der Waals surface area contributed by atoms with E-state index in [4.69, 9.17) is 4.74 Å². The number of hydrogen-bond acceptors (Lipinski definition) is 5. The van der Waals surface area contributed by atoms with Crippen LogP contribution in [0.2, 0.25) is 0 Å². The predicted molar refractivity (Wildman–Crippen MR) is 90.2 cm³/mol. The molecule has 1 aliphatic heterocycles. The summed E-state index contributed by atoms with van der Waals surface area (Å²) in [5.74, 6) is -0.0294. The van der Waals surface area contributed by atoms with Gasteiger partial charge in [0.1, 0.15) is 6.10 Å². The quantitative estimate of drug-likeness (QED) is 0.617. The molecule has 0 saturated heterocycles. The van der Waals surface area contributed by atoms with Gasteiger partial charge in [-0.2, -0.15) is 0 Å². The van der Waals surface area contributed by atoms with Gasteiger partial charge in [-0.3, -0.25) is 14.6 Å². The Kier molecular flexibility index (Phi) is 5.78. The monoisotopic (exact) mass is 345 g/mol. The number of pyridine rings is 1. The number of nitrogens with zero attached hydrogens (tertiary/aromatic N) is 1. The highest BCUT2D eigenvalue weighted by atomic mass is 16.5. The van der Waals surface area contributed by atoms with Crippen LogP contribution in [0.3, 0.4) is 0 Å². The Morgan fingerprint density at radius 2 is 2.00 bits per heavy atom. The zero-order valence-corrected chi connectivity index (χ0v) is 13.9. The summed E-state index contributed by atoms with van der Waals surface area (Å²) in [5.41, 5.74) is 0.972. The molecule has 0 unspecified atom stereocenters. The van der Waals surface area contributed by atoms with Crippen molar-refractivity contribution in [3.63, 3.8) is 0 Å². The topological polar surface area (TPSA) is 101 Å². The second kappa shape index (κ2) is 8.22. The molecule has 1 aromatic rings. The van der Waals surface area contributed by atoms with E-state index in [9.17, 15) is 14.7 Å². The molecule has 7 nitrogen and oxygen atoms in total. The van der Waals surface area contributed by atoms with E-state index < -0.39 is 12.2 Å². The van der Waals surface area contributed by atoms with Gasteiger partial charge in [-0.25, -0.2) is 0 Å². The summed E-state index contributed by atoms with van der Waals surface area (Å²) < 4.78 is 5.75. The zero-order chi connectivity index (χ0) is 17.6. The Morgan fingerprint density at radius 1 is 1.24 bits per heavy atom. The molecule has 1 fully saturated rings. The van der Waals surface area contributed by atoms with Crippen molar-refractivity contribution in [1.82, 2.24) is 15.6 Å². The Bertz CT molecular complexity index is 630. The maximum absolute atomic E-state index is 12.1. The smallest absolute Gasteiger partial charge is 0.223 e. The molecule has 2 amide bonds. The fraction of sp³-hybridized carbons (Fsp3) is 0.500. The molecule has 1 saturated carbocycles. The summed E-state index contributed by atoms with van der Waals surface area (Å²) >= 11 is 0. The van der Waals surface area contributed by atoms with Crippen LogP contribution in [0.15, 0.2) is 36.7 Å². The number of ether oxygens (including phenoxy) is 1. The minimum absolute atomic E-state index is 0.00486. The van der Waals surface area contributed by atoms with Crippen LogP contribution >= 0.6 is 0 Å². The first kappa shape index (κ1) is 17.6. The Morgan fingerprint density at radius 3 is 2.68 bits per heavy atom. The Labute approximate surface area is 146 Å². The molecule has 3 atom stereocenters. The van der Waals surface area contributed by atoms with Crippen molar-refractivity contribution < 1.29 is 19.4 Å². The van der Waals surface area contributed by atoms with Crippen molar-refractivity contribution in [1.29, 1.82) is 0 Å². The first-order valence-corrected chi connectivity index (χ1v) is 8.56. The van der Waals surface area contributed by atoms with Crippen LogP contribution in [0.25, 0.3) is 0 Å². The van der Waals surface area contributed by atoms with Gasteiger partial charge in [0.2, 0.25) is 11.8 Å². The molecule has 2 aliphatic rings. The number of hydrogen-bond donors (Lipinski definition) is 3. The number of aliphatic hydroxyl groups excluding tert-OH is 1. The number of aliphatic hydroxyl groups is 1. The Balaban J connectivity index is 1.47. The zero-order valence-electron chi connectivity index (χ0n) is 13.9. The van der Waals surface area contributed by atoms with Crippen LogP contribution in [0.5, 0.6) is 0 Å². The van der Waals surface area contributed by atoms with Gasteiger partial charge in [-0.05, 0) is 30.5 Å². The van der Waals surface area contributed by atoms with E-state index in [1.165, 1.54) is 0 Å². The third-order valence-electron chi connectivity index (χ3n) is 4.35. The highest BCUT2D eigenvalue weighted by molar-refractivity contribution is 5.81.